The van der Waals surface area contributed by atoms with E-state index in [9.17, 15) is 9.59 Å². The molecule has 52 heavy (non-hydrogen) atoms. The van der Waals surface area contributed by atoms with Crippen molar-refractivity contribution in [2.75, 3.05) is 58.4 Å². The molecule has 3 aliphatic heterocycles. The number of aromatic nitrogens is 3. The topological polar surface area (TPSA) is 105 Å². The second-order valence-corrected chi connectivity index (χ2v) is 16.9. The lowest BCUT2D eigenvalue weighted by Gasteiger charge is -2.35. The van der Waals surface area contributed by atoms with Crippen molar-refractivity contribution in [2.45, 2.75) is 77.6 Å². The third-order valence-electron chi connectivity index (χ3n) is 10.8. The first-order chi connectivity index (χ1) is 25.0. The van der Waals surface area contributed by atoms with Gasteiger partial charge in [0.2, 0.25) is 5.91 Å². The van der Waals surface area contributed by atoms with Crippen LogP contribution in [0, 0.1) is 5.41 Å². The van der Waals surface area contributed by atoms with E-state index < -0.39 is 17.0 Å². The average molecular weight is 741 g/mol. The molecule has 275 valence electrons. The van der Waals surface area contributed by atoms with Crippen LogP contribution in [0.3, 0.4) is 0 Å². The second kappa shape index (κ2) is 15.0. The van der Waals surface area contributed by atoms with E-state index in [2.05, 4.69) is 94.4 Å². The van der Waals surface area contributed by atoms with E-state index in [-0.39, 0.29) is 24.6 Å². The number of hydrogen-bond donors (Lipinski definition) is 1. The first-order valence-electron chi connectivity index (χ1n) is 18.5. The first kappa shape index (κ1) is 36.7. The number of benzene rings is 1. The van der Waals surface area contributed by atoms with Crippen LogP contribution in [0.2, 0.25) is 5.54 Å². The largest absolute Gasteiger partial charge is 0.464 e. The van der Waals surface area contributed by atoms with E-state index in [1.807, 2.05) is 6.20 Å². The minimum atomic E-state index is -0.584. The van der Waals surface area contributed by atoms with Gasteiger partial charge in [0, 0.05) is 101 Å². The number of aryl methyl sites for hydroxylation is 1. The van der Waals surface area contributed by atoms with Crippen LogP contribution >= 0.6 is 11.3 Å². The maximum atomic E-state index is 13.5. The molecular formula is C39H50N7O4SSi. The Kier molecular flexibility index (Phi) is 10.6. The van der Waals surface area contributed by atoms with Crippen molar-refractivity contribution in [1.29, 1.82) is 0 Å². The monoisotopic (exact) mass is 740 g/mol. The number of esters is 1. The van der Waals surface area contributed by atoms with Gasteiger partial charge in [0.25, 0.3) is 0 Å². The lowest BCUT2D eigenvalue weighted by atomic mass is 9.84. The van der Waals surface area contributed by atoms with Crippen LogP contribution in [0.25, 0.3) is 33.4 Å². The minimum Gasteiger partial charge on any atom is -0.464 e. The van der Waals surface area contributed by atoms with Crippen LogP contribution < -0.4 is 10.3 Å². The summed E-state index contributed by atoms with van der Waals surface area (Å²) in [7, 11) is 7.60. The van der Waals surface area contributed by atoms with Crippen LogP contribution in [-0.2, 0) is 38.4 Å². The number of methoxy groups -OCH3 is 1. The molecule has 0 saturated carbocycles. The summed E-state index contributed by atoms with van der Waals surface area (Å²) in [5.41, 5.74) is 10.7. The molecule has 3 atom stereocenters. The Hall–Kier alpha value is -3.62. The number of carbonyl (C=O) groups is 2. The zero-order valence-electron chi connectivity index (χ0n) is 31.2. The predicted molar refractivity (Wildman–Crippen MR) is 207 cm³/mol. The van der Waals surface area contributed by atoms with E-state index in [1.54, 1.807) is 23.5 Å². The number of rotatable bonds is 5. The summed E-state index contributed by atoms with van der Waals surface area (Å²) in [5, 5.41) is 5.66. The van der Waals surface area contributed by atoms with Gasteiger partial charge in [-0.1, -0.05) is 19.9 Å². The Morgan fingerprint density at radius 3 is 2.69 bits per heavy atom. The number of likely N-dealkylation sites (N-methyl/N-ethyl adjacent to an activating group) is 1. The fraction of sp³-hybridized carbons (Fsp3) is 0.538. The molecule has 4 aromatic rings. The highest BCUT2D eigenvalue weighted by molar-refractivity contribution is 7.10. The molecule has 6 heterocycles. The Morgan fingerprint density at radius 1 is 1.15 bits per heavy atom. The molecule has 3 aliphatic rings. The molecule has 3 aromatic heterocycles. The van der Waals surface area contributed by atoms with Crippen molar-refractivity contribution in [2.24, 2.45) is 5.41 Å². The van der Waals surface area contributed by atoms with Gasteiger partial charge in [0.15, 0.2) is 0 Å². The Balaban J connectivity index is 1.40. The van der Waals surface area contributed by atoms with E-state index in [0.29, 0.717) is 32.2 Å². The average Bonchev–Trinajstić information content (AvgIpc) is 3.74. The molecule has 2 saturated heterocycles. The summed E-state index contributed by atoms with van der Waals surface area (Å²) >= 11 is 1.56. The number of pyridine rings is 1. The van der Waals surface area contributed by atoms with Crippen molar-refractivity contribution < 1.29 is 19.1 Å². The van der Waals surface area contributed by atoms with Gasteiger partial charge >= 0.3 is 5.97 Å². The SMILES string of the molecule is CCn1c(-c2cc(N3CCN(C)CC3)cnc2[C@H](C)OC)c2c3cc(ccc31)-c1csc(n1)C[C@H]([Si])C(=O)N1CCC[C@H](N1)C(=O)OCC(C)(C)C2. The Morgan fingerprint density at radius 2 is 1.94 bits per heavy atom. The maximum Gasteiger partial charge on any atom is 0.324 e. The number of hydrogen-bond acceptors (Lipinski definition) is 10. The van der Waals surface area contributed by atoms with Gasteiger partial charge in [0.05, 0.1) is 46.7 Å². The minimum absolute atomic E-state index is 0.111. The van der Waals surface area contributed by atoms with Gasteiger partial charge < -0.3 is 23.8 Å². The number of carbonyl (C=O) groups excluding carboxylic acids is 2. The maximum absolute atomic E-state index is 13.5. The number of nitrogens with zero attached hydrogens (tertiary/aromatic N) is 6. The zero-order valence-corrected chi connectivity index (χ0v) is 33.0. The van der Waals surface area contributed by atoms with Gasteiger partial charge in [-0.15, -0.1) is 11.3 Å². The lowest BCUT2D eigenvalue weighted by molar-refractivity contribution is -0.154. The number of fused-ring (bicyclic) bond motifs is 6. The lowest BCUT2D eigenvalue weighted by Crippen LogP contribution is -2.56. The molecule has 3 radical (unpaired) electrons. The van der Waals surface area contributed by atoms with Crippen molar-refractivity contribution in [1.82, 2.24) is 29.9 Å². The van der Waals surface area contributed by atoms with Gasteiger partial charge in [-0.25, -0.2) is 10.4 Å². The molecule has 13 heteroatoms. The summed E-state index contributed by atoms with van der Waals surface area (Å²) in [6, 6.07) is 8.35. The fourth-order valence-corrected chi connectivity index (χ4v) is 9.07. The molecule has 2 fully saturated rings. The van der Waals surface area contributed by atoms with Crippen LogP contribution in [0.4, 0.5) is 5.69 Å². The molecule has 0 unspecified atom stereocenters. The van der Waals surface area contributed by atoms with Gasteiger partial charge in [-0.05, 0) is 63.9 Å². The van der Waals surface area contributed by atoms with E-state index in [1.165, 1.54) is 5.56 Å². The molecular weight excluding hydrogens is 691 g/mol. The third kappa shape index (κ3) is 7.30. The number of cyclic esters (lactones) is 1. The number of amides is 1. The molecule has 7 rings (SSSR count). The van der Waals surface area contributed by atoms with E-state index >= 15 is 0 Å². The zero-order chi connectivity index (χ0) is 36.7. The third-order valence-corrected chi connectivity index (χ3v) is 12.1. The molecule has 6 bridgehead atoms. The van der Waals surface area contributed by atoms with Crippen molar-refractivity contribution in [3.63, 3.8) is 0 Å². The van der Waals surface area contributed by atoms with Crippen LogP contribution in [0.5, 0.6) is 0 Å². The number of ether oxygens (including phenoxy) is 2. The summed E-state index contributed by atoms with van der Waals surface area (Å²) in [5.74, 6) is -0.444. The predicted octanol–water partition coefficient (Wildman–Crippen LogP) is 5.43. The molecule has 11 nitrogen and oxygen atoms in total. The molecule has 1 amide bonds. The Labute approximate surface area is 314 Å². The van der Waals surface area contributed by atoms with Crippen molar-refractivity contribution in [3.8, 4) is 22.5 Å². The summed E-state index contributed by atoms with van der Waals surface area (Å²) < 4.78 is 14.4. The van der Waals surface area contributed by atoms with Gasteiger partial charge in [0.1, 0.15) is 6.04 Å². The summed E-state index contributed by atoms with van der Waals surface area (Å²) in [6.45, 7) is 14.0. The van der Waals surface area contributed by atoms with Crippen LogP contribution in [0.15, 0.2) is 35.8 Å². The van der Waals surface area contributed by atoms with Gasteiger partial charge in [-0.3, -0.25) is 19.6 Å². The highest BCUT2D eigenvalue weighted by Crippen LogP contribution is 2.43. The standard InChI is InChI=1S/C39H50N7O4SSi/c1-7-45-32-11-10-25-17-27(32)29(36(45)28-18-26(21-40-35(28)24(2)49-6)44-15-13-43(5)14-16-44)20-39(3,4)23-50-38(48)30-9-8-12-46(42-30)37(47)33(52)19-34-41-31(25)22-51-34/h10-11,17-18,21-22,24,30,33,42H,7-9,12-16,19-20,23H2,1-6H3/t24-,30-,33-/m0/s1. The van der Waals surface area contributed by atoms with E-state index in [0.717, 1.165) is 82.5 Å². The molecule has 1 aromatic carbocycles. The van der Waals surface area contributed by atoms with E-state index in [4.69, 9.17) is 19.4 Å². The highest BCUT2D eigenvalue weighted by atomic mass is 32.1. The smallest absolute Gasteiger partial charge is 0.324 e. The van der Waals surface area contributed by atoms with Gasteiger partial charge in [-0.2, -0.15) is 0 Å². The van der Waals surface area contributed by atoms with Crippen LogP contribution in [-0.4, -0.2) is 106 Å². The fourth-order valence-electron chi connectivity index (χ4n) is 7.72. The van der Waals surface area contributed by atoms with Crippen LogP contribution in [0.1, 0.15) is 62.9 Å². The molecule has 0 spiro atoms. The number of thiazole rings is 1. The summed E-state index contributed by atoms with van der Waals surface area (Å²) in [4.78, 5) is 41.9. The second-order valence-electron chi connectivity index (χ2n) is 15.2. The number of nitrogens with one attached hydrogen (secondary N) is 1. The normalized spacial score (nSPS) is 22.4. The highest BCUT2D eigenvalue weighted by Gasteiger charge is 2.34. The quantitative estimate of drug-likeness (QED) is 0.212. The number of hydrazine groups is 1. The van der Waals surface area contributed by atoms with Crippen molar-refractivity contribution in [3.05, 3.63) is 52.1 Å². The van der Waals surface area contributed by atoms with Crippen molar-refractivity contribution >= 4 is 50.0 Å². The molecule has 1 N–H and O–H groups in total. The summed E-state index contributed by atoms with van der Waals surface area (Å²) in [6.07, 6.45) is 4.20. The number of piperazine rings is 1. The first-order valence-corrected chi connectivity index (χ1v) is 19.9. The molecule has 0 aliphatic carbocycles. The number of anilines is 1. The Bertz CT molecular complexity index is 1950.